The summed E-state index contributed by atoms with van der Waals surface area (Å²) in [6, 6.07) is 6.10. The third-order valence-corrected chi connectivity index (χ3v) is 5.40. The van der Waals surface area contributed by atoms with Crippen LogP contribution in [0.5, 0.6) is 0 Å². The number of carbonyl (C=O) groups is 1. The van der Waals surface area contributed by atoms with E-state index in [1.807, 2.05) is 18.2 Å². The lowest BCUT2D eigenvalue weighted by atomic mass is 9.53. The zero-order chi connectivity index (χ0) is 14.9. The van der Waals surface area contributed by atoms with E-state index in [2.05, 4.69) is 29.5 Å². The summed E-state index contributed by atoms with van der Waals surface area (Å²) in [6.45, 7) is 5.48. The first-order valence-electron chi connectivity index (χ1n) is 8.03. The van der Waals surface area contributed by atoms with Gasteiger partial charge in [-0.25, -0.2) is 4.98 Å². The minimum atomic E-state index is 0.0290. The number of fused-ring (bicyclic) bond motifs is 1. The van der Waals surface area contributed by atoms with Crippen molar-refractivity contribution in [2.24, 2.45) is 17.3 Å². The zero-order valence-corrected chi connectivity index (χ0v) is 12.9. The summed E-state index contributed by atoms with van der Waals surface area (Å²) in [5.41, 5.74) is 0.388. The van der Waals surface area contributed by atoms with Crippen LogP contribution in [0, 0.1) is 17.3 Å². The quantitative estimate of drug-likeness (QED) is 0.875. The molecule has 114 valence electrons. The predicted molar refractivity (Wildman–Crippen MR) is 83.9 cm³/mol. The monoisotopic (exact) mass is 287 g/mol. The van der Waals surface area contributed by atoms with Gasteiger partial charge in [-0.05, 0) is 42.2 Å². The maximum atomic E-state index is 11.9. The molecule has 2 N–H and O–H groups in total. The topological polar surface area (TPSA) is 54.0 Å². The lowest BCUT2D eigenvalue weighted by Crippen LogP contribution is -2.62. The van der Waals surface area contributed by atoms with E-state index in [9.17, 15) is 4.79 Å². The smallest absolute Gasteiger partial charge is 0.226 e. The van der Waals surface area contributed by atoms with Crippen LogP contribution in [0.4, 0.5) is 5.82 Å². The van der Waals surface area contributed by atoms with Crippen molar-refractivity contribution in [2.75, 3.05) is 11.9 Å². The van der Waals surface area contributed by atoms with Crippen LogP contribution in [0.2, 0.25) is 0 Å². The fourth-order valence-electron chi connectivity index (χ4n) is 4.37. The van der Waals surface area contributed by atoms with E-state index in [0.29, 0.717) is 23.7 Å². The highest BCUT2D eigenvalue weighted by atomic mass is 16.1. The largest absolute Gasteiger partial charge is 0.313 e. The van der Waals surface area contributed by atoms with Gasteiger partial charge in [-0.2, -0.15) is 0 Å². The van der Waals surface area contributed by atoms with E-state index in [4.69, 9.17) is 0 Å². The second-order valence-corrected chi connectivity index (χ2v) is 6.97. The molecule has 1 amide bonds. The number of carbonyl (C=O) groups excluding carboxylic acids is 1. The maximum absolute atomic E-state index is 11.9. The number of anilines is 1. The molecule has 2 aliphatic rings. The van der Waals surface area contributed by atoms with Gasteiger partial charge in [0.1, 0.15) is 5.82 Å². The Morgan fingerprint density at radius 1 is 1.38 bits per heavy atom. The van der Waals surface area contributed by atoms with E-state index in [0.717, 1.165) is 18.4 Å². The molecule has 4 nitrogen and oxygen atoms in total. The molecule has 4 heteroatoms. The Labute approximate surface area is 126 Å². The van der Waals surface area contributed by atoms with Crippen LogP contribution in [0.3, 0.4) is 0 Å². The maximum Gasteiger partial charge on any atom is 0.226 e. The molecule has 1 unspecified atom stereocenters. The molecule has 3 rings (SSSR count). The SMILES string of the molecule is CC1(C)C(NCCC(=O)Nc2ccccn2)[C@@H]2CCC[C@@H]21. The molecule has 2 saturated carbocycles. The summed E-state index contributed by atoms with van der Waals surface area (Å²) in [5, 5.41) is 6.44. The Balaban J connectivity index is 1.43. The number of hydrogen-bond acceptors (Lipinski definition) is 3. The first-order valence-corrected chi connectivity index (χ1v) is 8.03. The molecule has 3 atom stereocenters. The van der Waals surface area contributed by atoms with Gasteiger partial charge in [0.2, 0.25) is 5.91 Å². The van der Waals surface area contributed by atoms with E-state index >= 15 is 0 Å². The van der Waals surface area contributed by atoms with Crippen molar-refractivity contribution in [3.8, 4) is 0 Å². The summed E-state index contributed by atoms with van der Waals surface area (Å²) in [7, 11) is 0. The minimum absolute atomic E-state index is 0.0290. The molecule has 0 aromatic carbocycles. The van der Waals surface area contributed by atoms with Crippen LogP contribution in [0.25, 0.3) is 0 Å². The average Bonchev–Trinajstić information content (AvgIpc) is 2.91. The molecule has 1 aromatic rings. The second kappa shape index (κ2) is 5.76. The molecule has 0 bridgehead atoms. The number of aromatic nitrogens is 1. The molecular formula is C17H25N3O. The molecule has 0 radical (unpaired) electrons. The minimum Gasteiger partial charge on any atom is -0.313 e. The van der Waals surface area contributed by atoms with Crippen LogP contribution in [0.1, 0.15) is 39.5 Å². The lowest BCUT2D eigenvalue weighted by molar-refractivity contribution is -0.116. The second-order valence-electron chi connectivity index (χ2n) is 6.97. The standard InChI is InChI=1S/C17H25N3O/c1-17(2)13-7-5-6-12(13)16(17)19-11-9-15(21)20-14-8-3-4-10-18-14/h3-4,8,10,12-13,16,19H,5-7,9,11H2,1-2H3,(H,18,20,21)/t12-,13+,16?/m1/s1. The molecule has 0 saturated heterocycles. The number of nitrogens with zero attached hydrogens (tertiary/aromatic N) is 1. The van der Waals surface area contributed by atoms with Crippen molar-refractivity contribution in [1.82, 2.24) is 10.3 Å². The summed E-state index contributed by atoms with van der Waals surface area (Å²) < 4.78 is 0. The van der Waals surface area contributed by atoms with Gasteiger partial charge >= 0.3 is 0 Å². The lowest BCUT2D eigenvalue weighted by Gasteiger charge is -2.56. The Morgan fingerprint density at radius 3 is 3.00 bits per heavy atom. The molecule has 2 aliphatic carbocycles. The van der Waals surface area contributed by atoms with Crippen LogP contribution in [-0.2, 0) is 4.79 Å². The van der Waals surface area contributed by atoms with Crippen molar-refractivity contribution >= 4 is 11.7 Å². The highest BCUT2D eigenvalue weighted by Crippen LogP contribution is 2.58. The Morgan fingerprint density at radius 2 is 2.24 bits per heavy atom. The average molecular weight is 287 g/mol. The van der Waals surface area contributed by atoms with E-state index in [1.54, 1.807) is 6.20 Å². The summed E-state index contributed by atoms with van der Waals surface area (Å²) >= 11 is 0. The first kappa shape index (κ1) is 14.5. The molecule has 1 heterocycles. The van der Waals surface area contributed by atoms with Gasteiger partial charge in [0.05, 0.1) is 0 Å². The van der Waals surface area contributed by atoms with E-state index in [1.165, 1.54) is 19.3 Å². The van der Waals surface area contributed by atoms with Crippen molar-refractivity contribution < 1.29 is 4.79 Å². The first-order chi connectivity index (χ1) is 10.1. The van der Waals surface area contributed by atoms with Crippen molar-refractivity contribution in [1.29, 1.82) is 0 Å². The third-order valence-electron chi connectivity index (χ3n) is 5.40. The van der Waals surface area contributed by atoms with Crippen LogP contribution >= 0.6 is 0 Å². The number of hydrogen-bond donors (Lipinski definition) is 2. The van der Waals surface area contributed by atoms with Gasteiger partial charge < -0.3 is 10.6 Å². The molecule has 21 heavy (non-hydrogen) atoms. The number of pyridine rings is 1. The number of amides is 1. The van der Waals surface area contributed by atoms with Crippen LogP contribution in [-0.4, -0.2) is 23.5 Å². The van der Waals surface area contributed by atoms with Crippen molar-refractivity contribution in [3.05, 3.63) is 24.4 Å². The molecule has 0 aliphatic heterocycles. The predicted octanol–water partition coefficient (Wildman–Crippen LogP) is 2.82. The highest BCUT2D eigenvalue weighted by molar-refractivity contribution is 5.89. The number of rotatable bonds is 5. The molecular weight excluding hydrogens is 262 g/mol. The third kappa shape index (κ3) is 2.82. The summed E-state index contributed by atoms with van der Waals surface area (Å²) in [4.78, 5) is 16.0. The fraction of sp³-hybridized carbons (Fsp3) is 0.647. The van der Waals surface area contributed by atoms with E-state index < -0.39 is 0 Å². The van der Waals surface area contributed by atoms with Gasteiger partial charge in [-0.1, -0.05) is 26.3 Å². The van der Waals surface area contributed by atoms with Crippen LogP contribution < -0.4 is 10.6 Å². The van der Waals surface area contributed by atoms with Crippen LogP contribution in [0.15, 0.2) is 24.4 Å². The van der Waals surface area contributed by atoms with Crippen molar-refractivity contribution in [3.63, 3.8) is 0 Å². The molecule has 0 spiro atoms. The Kier molecular flexibility index (Phi) is 3.98. The number of nitrogens with one attached hydrogen (secondary N) is 2. The Hall–Kier alpha value is -1.42. The fourth-order valence-corrected chi connectivity index (χ4v) is 4.37. The van der Waals surface area contributed by atoms with Gasteiger partial charge in [0.25, 0.3) is 0 Å². The zero-order valence-electron chi connectivity index (χ0n) is 12.9. The highest BCUT2D eigenvalue weighted by Gasteiger charge is 2.57. The Bertz CT molecular complexity index is 500. The van der Waals surface area contributed by atoms with Gasteiger partial charge in [0.15, 0.2) is 0 Å². The summed E-state index contributed by atoms with van der Waals surface area (Å²) in [5.74, 6) is 2.37. The van der Waals surface area contributed by atoms with E-state index in [-0.39, 0.29) is 5.91 Å². The summed E-state index contributed by atoms with van der Waals surface area (Å²) in [6.07, 6.45) is 6.30. The normalized spacial score (nSPS) is 29.5. The van der Waals surface area contributed by atoms with Gasteiger partial charge in [-0.15, -0.1) is 0 Å². The van der Waals surface area contributed by atoms with Crippen molar-refractivity contribution in [2.45, 2.75) is 45.6 Å². The van der Waals surface area contributed by atoms with Gasteiger partial charge in [-0.3, -0.25) is 4.79 Å². The van der Waals surface area contributed by atoms with Gasteiger partial charge in [0, 0.05) is 25.2 Å². The molecule has 2 fully saturated rings. The molecule has 1 aromatic heterocycles.